The Balaban J connectivity index is 1.88. The molecule has 0 unspecified atom stereocenters. The average molecular weight is 324 g/mol. The third-order valence-electron chi connectivity index (χ3n) is 5.16. The SMILES string of the molecule is C[C@H]1C=CC2=C[C@@H](O)CC[C@@H]2[C@H]1CC[C@@H](O)C[C@@H](O)CC(=O)O. The molecule has 5 heteroatoms. The highest BCUT2D eigenvalue weighted by Crippen LogP contribution is 2.42. The third kappa shape index (κ3) is 5.16. The number of aliphatic carboxylic acids is 1. The molecule has 0 heterocycles. The van der Waals surface area contributed by atoms with Crippen molar-refractivity contribution in [1.82, 2.24) is 0 Å². The molecule has 23 heavy (non-hydrogen) atoms. The van der Waals surface area contributed by atoms with Crippen molar-refractivity contribution in [3.63, 3.8) is 0 Å². The van der Waals surface area contributed by atoms with Gasteiger partial charge in [-0.25, -0.2) is 0 Å². The minimum Gasteiger partial charge on any atom is -0.481 e. The lowest BCUT2D eigenvalue weighted by Gasteiger charge is -2.38. The van der Waals surface area contributed by atoms with Crippen LogP contribution in [0.4, 0.5) is 0 Å². The maximum Gasteiger partial charge on any atom is 0.305 e. The number of carboxylic acids is 1. The molecule has 0 saturated carbocycles. The van der Waals surface area contributed by atoms with E-state index in [4.69, 9.17) is 5.11 Å². The summed E-state index contributed by atoms with van der Waals surface area (Å²) in [6, 6.07) is 0. The number of allylic oxidation sites excluding steroid dienone is 3. The second-order valence-corrected chi connectivity index (χ2v) is 7.02. The Morgan fingerprint density at radius 1 is 1.30 bits per heavy atom. The summed E-state index contributed by atoms with van der Waals surface area (Å²) in [5.41, 5.74) is 1.20. The molecule has 0 spiro atoms. The van der Waals surface area contributed by atoms with Crippen molar-refractivity contribution in [2.45, 2.75) is 63.8 Å². The van der Waals surface area contributed by atoms with Crippen LogP contribution in [0.1, 0.15) is 45.4 Å². The lowest BCUT2D eigenvalue weighted by atomic mass is 9.67. The van der Waals surface area contributed by atoms with E-state index < -0.39 is 18.2 Å². The smallest absolute Gasteiger partial charge is 0.305 e. The number of hydrogen-bond donors (Lipinski definition) is 4. The highest BCUT2D eigenvalue weighted by molar-refractivity contribution is 5.67. The molecule has 0 radical (unpaired) electrons. The van der Waals surface area contributed by atoms with Crippen molar-refractivity contribution < 1.29 is 25.2 Å². The Morgan fingerprint density at radius 3 is 2.74 bits per heavy atom. The Labute approximate surface area is 137 Å². The molecule has 130 valence electrons. The van der Waals surface area contributed by atoms with Gasteiger partial charge in [-0.1, -0.05) is 25.2 Å². The molecule has 0 saturated heterocycles. The highest BCUT2D eigenvalue weighted by Gasteiger charge is 2.33. The van der Waals surface area contributed by atoms with Crippen molar-refractivity contribution in [3.05, 3.63) is 23.8 Å². The summed E-state index contributed by atoms with van der Waals surface area (Å²) in [7, 11) is 0. The molecule has 0 aromatic carbocycles. The summed E-state index contributed by atoms with van der Waals surface area (Å²) in [6.45, 7) is 2.18. The van der Waals surface area contributed by atoms with Crippen LogP contribution < -0.4 is 0 Å². The van der Waals surface area contributed by atoms with Gasteiger partial charge in [0.2, 0.25) is 0 Å². The van der Waals surface area contributed by atoms with E-state index in [1.54, 1.807) is 0 Å². The monoisotopic (exact) mass is 324 g/mol. The summed E-state index contributed by atoms with van der Waals surface area (Å²) in [6.07, 6.45) is 7.12. The van der Waals surface area contributed by atoms with Gasteiger partial charge in [0.05, 0.1) is 24.7 Å². The molecule has 0 aromatic rings. The number of fused-ring (bicyclic) bond motifs is 1. The van der Waals surface area contributed by atoms with Gasteiger partial charge in [-0.05, 0) is 55.4 Å². The summed E-state index contributed by atoms with van der Waals surface area (Å²) in [5.74, 6) is 0.217. The highest BCUT2D eigenvalue weighted by atomic mass is 16.4. The second-order valence-electron chi connectivity index (χ2n) is 7.02. The first kappa shape index (κ1) is 18.2. The number of aliphatic hydroxyl groups excluding tert-OH is 3. The fraction of sp³-hybridized carbons (Fsp3) is 0.722. The summed E-state index contributed by atoms with van der Waals surface area (Å²) in [5, 5.41) is 38.1. The lowest BCUT2D eigenvalue weighted by molar-refractivity contribution is -0.139. The van der Waals surface area contributed by atoms with E-state index in [9.17, 15) is 20.1 Å². The van der Waals surface area contributed by atoms with Crippen LogP contribution in [0.3, 0.4) is 0 Å². The van der Waals surface area contributed by atoms with Gasteiger partial charge in [-0.2, -0.15) is 0 Å². The summed E-state index contributed by atoms with van der Waals surface area (Å²) in [4.78, 5) is 10.5. The van der Waals surface area contributed by atoms with Gasteiger partial charge in [0.15, 0.2) is 0 Å². The Morgan fingerprint density at radius 2 is 2.04 bits per heavy atom. The maximum absolute atomic E-state index is 10.5. The van der Waals surface area contributed by atoms with Crippen LogP contribution in [0.2, 0.25) is 0 Å². The largest absolute Gasteiger partial charge is 0.481 e. The molecule has 2 aliphatic carbocycles. The van der Waals surface area contributed by atoms with E-state index in [-0.39, 0.29) is 18.9 Å². The zero-order chi connectivity index (χ0) is 17.0. The maximum atomic E-state index is 10.5. The van der Waals surface area contributed by atoms with Crippen molar-refractivity contribution >= 4 is 5.97 Å². The predicted octanol–water partition coefficient (Wildman–Crippen LogP) is 1.87. The summed E-state index contributed by atoms with van der Waals surface area (Å²) >= 11 is 0. The number of carbonyl (C=O) groups is 1. The molecule has 5 nitrogen and oxygen atoms in total. The standard InChI is InChI=1S/C18H28O5/c1-11-2-3-12-8-13(19)5-7-17(12)16(11)6-4-14(20)9-15(21)10-18(22)23/h2-3,8,11,13-17,19-21H,4-7,9-10H2,1H3,(H,22,23)/t11-,13-,14+,15+,16-,17-/m0/s1. The molecule has 0 amide bonds. The van der Waals surface area contributed by atoms with Crippen LogP contribution in [0, 0.1) is 17.8 Å². The molecule has 6 atom stereocenters. The van der Waals surface area contributed by atoms with E-state index >= 15 is 0 Å². The second kappa shape index (κ2) is 8.08. The number of carboxylic acid groups (broad SMARTS) is 1. The minimum atomic E-state index is -1.05. The van der Waals surface area contributed by atoms with E-state index in [1.165, 1.54) is 5.57 Å². The molecule has 0 bridgehead atoms. The predicted molar refractivity (Wildman–Crippen MR) is 86.7 cm³/mol. The van der Waals surface area contributed by atoms with Crippen LogP contribution in [0.5, 0.6) is 0 Å². The van der Waals surface area contributed by atoms with Gasteiger partial charge in [-0.15, -0.1) is 0 Å². The van der Waals surface area contributed by atoms with Crippen molar-refractivity contribution in [2.24, 2.45) is 17.8 Å². The molecule has 2 aliphatic rings. The first-order valence-corrected chi connectivity index (χ1v) is 8.52. The van der Waals surface area contributed by atoms with Crippen LogP contribution in [0.25, 0.3) is 0 Å². The molecule has 2 rings (SSSR count). The molecular formula is C18H28O5. The van der Waals surface area contributed by atoms with E-state index in [0.29, 0.717) is 24.2 Å². The van der Waals surface area contributed by atoms with E-state index in [0.717, 1.165) is 19.3 Å². The minimum absolute atomic E-state index is 0.106. The van der Waals surface area contributed by atoms with Crippen molar-refractivity contribution in [2.75, 3.05) is 0 Å². The molecule has 0 aliphatic heterocycles. The zero-order valence-electron chi connectivity index (χ0n) is 13.6. The first-order valence-electron chi connectivity index (χ1n) is 8.52. The normalized spacial score (nSPS) is 32.8. The number of hydrogen-bond acceptors (Lipinski definition) is 4. The molecular weight excluding hydrogens is 296 g/mol. The van der Waals surface area contributed by atoms with E-state index in [1.807, 2.05) is 6.08 Å². The zero-order valence-corrected chi connectivity index (χ0v) is 13.6. The molecule has 4 N–H and O–H groups in total. The van der Waals surface area contributed by atoms with Crippen LogP contribution in [0.15, 0.2) is 23.8 Å². The van der Waals surface area contributed by atoms with E-state index in [2.05, 4.69) is 19.1 Å². The lowest BCUT2D eigenvalue weighted by Crippen LogP contribution is -2.31. The average Bonchev–Trinajstić information content (AvgIpc) is 2.45. The van der Waals surface area contributed by atoms with Crippen LogP contribution in [-0.2, 0) is 4.79 Å². The first-order chi connectivity index (χ1) is 10.9. The van der Waals surface area contributed by atoms with Crippen LogP contribution >= 0.6 is 0 Å². The Bertz CT molecular complexity index is 470. The van der Waals surface area contributed by atoms with Gasteiger partial charge in [0.1, 0.15) is 0 Å². The summed E-state index contributed by atoms with van der Waals surface area (Å²) < 4.78 is 0. The third-order valence-corrected chi connectivity index (χ3v) is 5.16. The Hall–Kier alpha value is -1.17. The fourth-order valence-electron chi connectivity index (χ4n) is 3.92. The van der Waals surface area contributed by atoms with Crippen molar-refractivity contribution in [1.29, 1.82) is 0 Å². The van der Waals surface area contributed by atoms with Gasteiger partial charge < -0.3 is 20.4 Å². The topological polar surface area (TPSA) is 98.0 Å². The van der Waals surface area contributed by atoms with Gasteiger partial charge >= 0.3 is 5.97 Å². The fourth-order valence-corrected chi connectivity index (χ4v) is 3.92. The van der Waals surface area contributed by atoms with Gasteiger partial charge in [0.25, 0.3) is 0 Å². The van der Waals surface area contributed by atoms with Crippen LogP contribution in [-0.4, -0.2) is 44.7 Å². The van der Waals surface area contributed by atoms with Gasteiger partial charge in [0, 0.05) is 0 Å². The Kier molecular flexibility index (Phi) is 6.39. The quantitative estimate of drug-likeness (QED) is 0.573. The van der Waals surface area contributed by atoms with Crippen molar-refractivity contribution in [3.8, 4) is 0 Å². The molecule has 0 fully saturated rings. The molecule has 0 aromatic heterocycles. The van der Waals surface area contributed by atoms with Gasteiger partial charge in [-0.3, -0.25) is 4.79 Å². The number of aliphatic hydroxyl groups is 3. The number of rotatable bonds is 7.